The zero-order valence-electron chi connectivity index (χ0n) is 11.9. The summed E-state index contributed by atoms with van der Waals surface area (Å²) < 4.78 is 0. The summed E-state index contributed by atoms with van der Waals surface area (Å²) >= 11 is 0. The minimum Gasteiger partial charge on any atom is -0.306 e. The van der Waals surface area contributed by atoms with Crippen LogP contribution in [-0.2, 0) is 6.42 Å². The second-order valence-electron chi connectivity index (χ2n) is 4.93. The topological polar surface area (TPSA) is 88.9 Å². The molecular formula is C16H13N3O3. The molecule has 0 aliphatic heterocycles. The van der Waals surface area contributed by atoms with Crippen molar-refractivity contribution in [2.75, 3.05) is 0 Å². The summed E-state index contributed by atoms with van der Waals surface area (Å²) in [6, 6.07) is 11.8. The minimum absolute atomic E-state index is 0.125. The number of nitro groups is 1. The maximum atomic E-state index is 12.2. The first-order chi connectivity index (χ1) is 10.6. The van der Waals surface area contributed by atoms with Crippen LogP contribution in [0.5, 0.6) is 0 Å². The van der Waals surface area contributed by atoms with Crippen LogP contribution in [-0.4, -0.2) is 14.9 Å². The monoisotopic (exact) mass is 295 g/mol. The van der Waals surface area contributed by atoms with Gasteiger partial charge >= 0.3 is 0 Å². The Kier molecular flexibility index (Phi) is 3.42. The number of benzene rings is 2. The van der Waals surface area contributed by atoms with E-state index in [0.717, 1.165) is 17.5 Å². The molecule has 0 radical (unpaired) electrons. The third-order valence-electron chi connectivity index (χ3n) is 3.51. The molecule has 0 fully saturated rings. The fraction of sp³-hybridized carbons (Fsp3) is 0.125. The molecule has 110 valence electrons. The van der Waals surface area contributed by atoms with Gasteiger partial charge in [0.1, 0.15) is 5.82 Å². The third-order valence-corrected chi connectivity index (χ3v) is 3.51. The number of hydrogen-bond donors (Lipinski definition) is 1. The molecule has 1 aromatic heterocycles. The number of hydrogen-bond acceptors (Lipinski definition) is 4. The van der Waals surface area contributed by atoms with E-state index in [9.17, 15) is 14.9 Å². The van der Waals surface area contributed by atoms with Crippen molar-refractivity contribution in [2.24, 2.45) is 0 Å². The lowest BCUT2D eigenvalue weighted by Crippen LogP contribution is -2.10. The molecule has 1 heterocycles. The van der Waals surface area contributed by atoms with Crippen LogP contribution >= 0.6 is 0 Å². The van der Waals surface area contributed by atoms with Gasteiger partial charge in [0, 0.05) is 17.7 Å². The number of nitro benzene ring substituents is 1. The molecule has 3 aromatic rings. The first-order valence-electron chi connectivity index (χ1n) is 6.86. The van der Waals surface area contributed by atoms with Crippen molar-refractivity contribution < 1.29 is 4.92 Å². The van der Waals surface area contributed by atoms with Crippen LogP contribution < -0.4 is 5.56 Å². The van der Waals surface area contributed by atoms with Gasteiger partial charge in [-0.25, -0.2) is 4.98 Å². The van der Waals surface area contributed by atoms with E-state index in [1.165, 1.54) is 18.2 Å². The third kappa shape index (κ3) is 2.46. The Labute approximate surface area is 125 Å². The summed E-state index contributed by atoms with van der Waals surface area (Å²) in [4.78, 5) is 29.5. The van der Waals surface area contributed by atoms with Gasteiger partial charge in [-0.1, -0.05) is 25.1 Å². The zero-order valence-corrected chi connectivity index (χ0v) is 11.9. The van der Waals surface area contributed by atoms with Crippen molar-refractivity contribution in [1.82, 2.24) is 9.97 Å². The number of rotatable bonds is 3. The molecule has 6 heteroatoms. The number of nitrogens with one attached hydrogen (secondary N) is 1. The van der Waals surface area contributed by atoms with Gasteiger partial charge in [0.25, 0.3) is 11.2 Å². The molecular weight excluding hydrogens is 282 g/mol. The Morgan fingerprint density at radius 2 is 2.05 bits per heavy atom. The molecule has 0 aliphatic carbocycles. The van der Waals surface area contributed by atoms with Gasteiger partial charge in [-0.2, -0.15) is 0 Å². The molecule has 0 spiro atoms. The van der Waals surface area contributed by atoms with Crippen LogP contribution in [0.15, 0.2) is 47.3 Å². The Morgan fingerprint density at radius 3 is 2.77 bits per heavy atom. The quantitative estimate of drug-likeness (QED) is 0.594. The van der Waals surface area contributed by atoms with Crippen LogP contribution in [0.3, 0.4) is 0 Å². The molecule has 6 nitrogen and oxygen atoms in total. The molecule has 0 amide bonds. The number of aryl methyl sites for hydroxylation is 1. The lowest BCUT2D eigenvalue weighted by Gasteiger charge is -2.05. The Balaban J connectivity index is 2.19. The fourth-order valence-electron chi connectivity index (χ4n) is 2.32. The summed E-state index contributed by atoms with van der Waals surface area (Å²) in [5, 5.41) is 11.0. The highest BCUT2D eigenvalue weighted by Crippen LogP contribution is 2.20. The second-order valence-corrected chi connectivity index (χ2v) is 4.93. The predicted molar refractivity (Wildman–Crippen MR) is 83.8 cm³/mol. The van der Waals surface area contributed by atoms with E-state index in [0.29, 0.717) is 11.3 Å². The highest BCUT2D eigenvalue weighted by molar-refractivity contribution is 5.81. The van der Waals surface area contributed by atoms with E-state index in [1.807, 2.05) is 24.3 Å². The number of nitrogens with zero attached hydrogens (tertiary/aromatic N) is 2. The number of aromatic nitrogens is 2. The molecule has 0 aliphatic rings. The van der Waals surface area contributed by atoms with E-state index >= 15 is 0 Å². The maximum absolute atomic E-state index is 12.2. The Morgan fingerprint density at radius 1 is 1.23 bits per heavy atom. The largest absolute Gasteiger partial charge is 0.306 e. The van der Waals surface area contributed by atoms with Gasteiger partial charge < -0.3 is 4.98 Å². The van der Waals surface area contributed by atoms with Crippen LogP contribution in [0.4, 0.5) is 5.69 Å². The van der Waals surface area contributed by atoms with Crippen LogP contribution in [0.25, 0.3) is 22.3 Å². The molecule has 0 atom stereocenters. The number of fused-ring (bicyclic) bond motifs is 1. The van der Waals surface area contributed by atoms with Crippen molar-refractivity contribution >= 4 is 16.6 Å². The molecule has 0 unspecified atom stereocenters. The Bertz CT molecular complexity index is 931. The van der Waals surface area contributed by atoms with Gasteiger partial charge in [-0.15, -0.1) is 0 Å². The number of aromatic amines is 1. The van der Waals surface area contributed by atoms with E-state index in [-0.39, 0.29) is 16.6 Å². The molecule has 1 N–H and O–H groups in total. The van der Waals surface area contributed by atoms with Crippen molar-refractivity contribution in [2.45, 2.75) is 13.3 Å². The summed E-state index contributed by atoms with van der Waals surface area (Å²) in [6.45, 7) is 2.05. The summed E-state index contributed by atoms with van der Waals surface area (Å²) in [5.41, 5.74) is 1.89. The van der Waals surface area contributed by atoms with Gasteiger partial charge in [-0.05, 0) is 24.1 Å². The van der Waals surface area contributed by atoms with Crippen LogP contribution in [0, 0.1) is 10.1 Å². The van der Waals surface area contributed by atoms with Crippen LogP contribution in [0.1, 0.15) is 12.5 Å². The second kappa shape index (κ2) is 5.40. The van der Waals surface area contributed by atoms with Crippen molar-refractivity contribution in [1.29, 1.82) is 0 Å². The first kappa shape index (κ1) is 13.9. The fourth-order valence-corrected chi connectivity index (χ4v) is 2.32. The summed E-state index contributed by atoms with van der Waals surface area (Å²) in [6.07, 6.45) is 0.887. The number of non-ortho nitro benzene ring substituents is 1. The standard InChI is InChI=1S/C16H13N3O3/c1-2-10-4-3-5-11(8-10)15-17-14-7-6-12(19(21)22)9-13(14)16(20)18-15/h3-9H,2H2,1H3,(H,17,18,20). The van der Waals surface area contributed by atoms with Gasteiger partial charge in [-0.3, -0.25) is 14.9 Å². The van der Waals surface area contributed by atoms with Crippen molar-refractivity contribution in [3.63, 3.8) is 0 Å². The van der Waals surface area contributed by atoms with E-state index in [1.54, 1.807) is 0 Å². The average Bonchev–Trinajstić information content (AvgIpc) is 2.54. The maximum Gasteiger partial charge on any atom is 0.270 e. The van der Waals surface area contributed by atoms with Gasteiger partial charge in [0.05, 0.1) is 15.8 Å². The summed E-state index contributed by atoms with van der Waals surface area (Å²) in [5.74, 6) is 0.460. The first-order valence-corrected chi connectivity index (χ1v) is 6.86. The lowest BCUT2D eigenvalue weighted by atomic mass is 10.1. The van der Waals surface area contributed by atoms with E-state index in [4.69, 9.17) is 0 Å². The molecule has 0 saturated carbocycles. The predicted octanol–water partition coefficient (Wildman–Crippen LogP) is 3.06. The average molecular weight is 295 g/mol. The molecule has 3 rings (SSSR count). The van der Waals surface area contributed by atoms with E-state index in [2.05, 4.69) is 16.9 Å². The highest BCUT2D eigenvalue weighted by Gasteiger charge is 2.11. The smallest absolute Gasteiger partial charge is 0.270 e. The SMILES string of the molecule is CCc1cccc(-c2nc3ccc([N+](=O)[O-])cc3c(=O)[nH]2)c1. The number of H-pyrrole nitrogens is 1. The molecule has 0 saturated heterocycles. The van der Waals surface area contributed by atoms with E-state index < -0.39 is 4.92 Å². The van der Waals surface area contributed by atoms with Crippen LogP contribution in [0.2, 0.25) is 0 Å². The van der Waals surface area contributed by atoms with Gasteiger partial charge in [0.15, 0.2) is 0 Å². The molecule has 22 heavy (non-hydrogen) atoms. The minimum atomic E-state index is -0.530. The molecule has 2 aromatic carbocycles. The Hall–Kier alpha value is -3.02. The normalized spacial score (nSPS) is 10.8. The van der Waals surface area contributed by atoms with Crippen molar-refractivity contribution in [3.05, 3.63) is 68.5 Å². The highest BCUT2D eigenvalue weighted by atomic mass is 16.6. The summed E-state index contributed by atoms with van der Waals surface area (Å²) in [7, 11) is 0. The van der Waals surface area contributed by atoms with Crippen molar-refractivity contribution in [3.8, 4) is 11.4 Å². The van der Waals surface area contributed by atoms with Gasteiger partial charge in [0.2, 0.25) is 0 Å². The molecule has 0 bridgehead atoms. The zero-order chi connectivity index (χ0) is 15.7. The lowest BCUT2D eigenvalue weighted by molar-refractivity contribution is -0.384.